The second-order valence-corrected chi connectivity index (χ2v) is 8.86. The van der Waals surface area contributed by atoms with Gasteiger partial charge in [-0.2, -0.15) is 0 Å². The molecule has 0 atom stereocenters. The van der Waals surface area contributed by atoms with Gasteiger partial charge in [-0.25, -0.2) is 8.78 Å². The summed E-state index contributed by atoms with van der Waals surface area (Å²) in [7, 11) is 0. The first-order valence-corrected chi connectivity index (χ1v) is 10.8. The van der Waals surface area contributed by atoms with E-state index >= 15 is 0 Å². The van der Waals surface area contributed by atoms with Crippen molar-refractivity contribution < 1.29 is 13.6 Å². The lowest BCUT2D eigenvalue weighted by atomic mass is 9.80. The number of amides is 1. The van der Waals surface area contributed by atoms with Gasteiger partial charge in [-0.3, -0.25) is 9.69 Å². The summed E-state index contributed by atoms with van der Waals surface area (Å²) < 4.78 is 29.4. The van der Waals surface area contributed by atoms with Crippen LogP contribution in [-0.4, -0.2) is 28.5 Å². The molecule has 0 saturated carbocycles. The number of likely N-dealkylation sites (tertiary alicyclic amines) is 1. The number of nitrogens with one attached hydrogen (secondary N) is 1. The lowest BCUT2D eigenvalue weighted by Crippen LogP contribution is -2.52. The summed E-state index contributed by atoms with van der Waals surface area (Å²) in [4.78, 5) is 14.3. The summed E-state index contributed by atoms with van der Waals surface area (Å²) in [5.41, 5.74) is 2.56. The van der Waals surface area contributed by atoms with E-state index in [2.05, 4.69) is 34.8 Å². The molecule has 1 amide bonds. The molecule has 6 heteroatoms. The fourth-order valence-corrected chi connectivity index (χ4v) is 4.78. The number of fused-ring (bicyclic) bond motifs is 1. The molecular formula is C25H29F2N3O. The van der Waals surface area contributed by atoms with Crippen LogP contribution in [0.3, 0.4) is 0 Å². The van der Waals surface area contributed by atoms with Gasteiger partial charge in [0.25, 0.3) is 0 Å². The number of rotatable bonds is 5. The molecule has 0 spiro atoms. The van der Waals surface area contributed by atoms with Crippen LogP contribution in [0.5, 0.6) is 0 Å². The molecule has 0 aliphatic carbocycles. The number of aromatic nitrogens is 1. The van der Waals surface area contributed by atoms with Crippen LogP contribution in [0.4, 0.5) is 8.78 Å². The number of benzene rings is 2. The van der Waals surface area contributed by atoms with Crippen LogP contribution >= 0.6 is 0 Å². The molecule has 1 aromatic heterocycles. The van der Waals surface area contributed by atoms with E-state index in [1.165, 1.54) is 30.7 Å². The molecule has 31 heavy (non-hydrogen) atoms. The van der Waals surface area contributed by atoms with Crippen molar-refractivity contribution in [3.05, 3.63) is 71.4 Å². The summed E-state index contributed by atoms with van der Waals surface area (Å²) in [6.45, 7) is 8.08. The number of carbonyl (C=O) groups excluding carboxylic acids is 1. The average molecular weight is 426 g/mol. The van der Waals surface area contributed by atoms with E-state index in [4.69, 9.17) is 0 Å². The van der Waals surface area contributed by atoms with Crippen LogP contribution < -0.4 is 5.32 Å². The van der Waals surface area contributed by atoms with Gasteiger partial charge in [0.05, 0.1) is 11.1 Å². The highest BCUT2D eigenvalue weighted by Gasteiger charge is 2.37. The zero-order valence-corrected chi connectivity index (χ0v) is 18.3. The number of nitrogens with zero attached hydrogens (tertiary/aromatic N) is 2. The number of hydrogen-bond donors (Lipinski definition) is 1. The zero-order chi connectivity index (χ0) is 22.2. The predicted octanol–water partition coefficient (Wildman–Crippen LogP) is 5.13. The maximum Gasteiger partial charge on any atom is 0.217 e. The third kappa shape index (κ3) is 4.35. The Hall–Kier alpha value is -2.73. The smallest absolute Gasteiger partial charge is 0.217 e. The van der Waals surface area contributed by atoms with Gasteiger partial charge in [-0.05, 0) is 68.1 Å². The fraction of sp³-hybridized carbons (Fsp3) is 0.400. The van der Waals surface area contributed by atoms with Crippen LogP contribution in [0.2, 0.25) is 0 Å². The van der Waals surface area contributed by atoms with Crippen molar-refractivity contribution in [2.45, 2.75) is 51.7 Å². The quantitative estimate of drug-likeness (QED) is 0.616. The van der Waals surface area contributed by atoms with Crippen LogP contribution in [-0.2, 0) is 16.9 Å². The van der Waals surface area contributed by atoms with Gasteiger partial charge >= 0.3 is 0 Å². The Kier molecular flexibility index (Phi) is 5.84. The van der Waals surface area contributed by atoms with Crippen molar-refractivity contribution in [2.24, 2.45) is 0 Å². The Morgan fingerprint density at radius 3 is 2.32 bits per heavy atom. The van der Waals surface area contributed by atoms with Crippen LogP contribution in [0, 0.1) is 11.6 Å². The summed E-state index contributed by atoms with van der Waals surface area (Å²) in [6.07, 6.45) is 3.62. The monoisotopic (exact) mass is 425 g/mol. The van der Waals surface area contributed by atoms with Gasteiger partial charge in [-0.15, -0.1) is 0 Å². The van der Waals surface area contributed by atoms with Gasteiger partial charge in [0, 0.05) is 44.2 Å². The molecule has 0 bridgehead atoms. The van der Waals surface area contributed by atoms with Crippen molar-refractivity contribution in [3.8, 4) is 0 Å². The minimum atomic E-state index is -0.481. The first-order valence-electron chi connectivity index (χ1n) is 10.8. The highest BCUT2D eigenvalue weighted by Crippen LogP contribution is 2.35. The Morgan fingerprint density at radius 1 is 1.06 bits per heavy atom. The Bertz CT molecular complexity index is 1080. The minimum Gasteiger partial charge on any atom is -0.347 e. The minimum absolute atomic E-state index is 0.0835. The SMILES string of the molecule is CC(=O)NC1(c2ccc(F)cc2)CCN(Cc2cn(C(C)C)c3cc(F)ccc23)CC1. The molecule has 2 heterocycles. The fourth-order valence-electron chi connectivity index (χ4n) is 4.78. The van der Waals surface area contributed by atoms with Gasteiger partial charge in [0.2, 0.25) is 5.91 Å². The van der Waals surface area contributed by atoms with E-state index in [-0.39, 0.29) is 23.6 Å². The lowest BCUT2D eigenvalue weighted by Gasteiger charge is -2.42. The average Bonchev–Trinajstić information content (AvgIpc) is 3.07. The lowest BCUT2D eigenvalue weighted by molar-refractivity contribution is -0.121. The van der Waals surface area contributed by atoms with Crippen molar-refractivity contribution in [3.63, 3.8) is 0 Å². The molecule has 1 N–H and O–H groups in total. The molecule has 2 aromatic carbocycles. The van der Waals surface area contributed by atoms with E-state index in [0.717, 1.165) is 48.9 Å². The molecule has 164 valence electrons. The number of hydrogen-bond acceptors (Lipinski definition) is 2. The molecular weight excluding hydrogens is 396 g/mol. The zero-order valence-electron chi connectivity index (χ0n) is 18.3. The molecule has 4 rings (SSSR count). The van der Waals surface area contributed by atoms with Crippen molar-refractivity contribution in [1.82, 2.24) is 14.8 Å². The highest BCUT2D eigenvalue weighted by molar-refractivity contribution is 5.84. The maximum atomic E-state index is 13.8. The van der Waals surface area contributed by atoms with Crippen LogP contribution in [0.15, 0.2) is 48.7 Å². The third-order valence-corrected chi connectivity index (χ3v) is 6.35. The van der Waals surface area contributed by atoms with Gasteiger partial charge in [-0.1, -0.05) is 12.1 Å². The van der Waals surface area contributed by atoms with Crippen LogP contribution in [0.25, 0.3) is 10.9 Å². The van der Waals surface area contributed by atoms with Crippen LogP contribution in [0.1, 0.15) is 50.8 Å². The molecule has 1 saturated heterocycles. The van der Waals surface area contributed by atoms with E-state index in [1.807, 2.05) is 6.07 Å². The van der Waals surface area contributed by atoms with E-state index in [1.54, 1.807) is 18.2 Å². The van der Waals surface area contributed by atoms with Gasteiger partial charge in [0.15, 0.2) is 0 Å². The molecule has 0 radical (unpaired) electrons. The summed E-state index contributed by atoms with van der Waals surface area (Å²) in [5.74, 6) is -0.589. The first-order chi connectivity index (χ1) is 14.8. The first kappa shape index (κ1) is 21.5. The second kappa shape index (κ2) is 8.42. The third-order valence-electron chi connectivity index (χ3n) is 6.35. The normalized spacial score (nSPS) is 16.7. The number of carbonyl (C=O) groups is 1. The summed E-state index contributed by atoms with van der Waals surface area (Å²) in [5, 5.41) is 4.21. The predicted molar refractivity (Wildman–Crippen MR) is 119 cm³/mol. The van der Waals surface area contributed by atoms with Gasteiger partial charge in [0.1, 0.15) is 11.6 Å². The summed E-state index contributed by atoms with van der Waals surface area (Å²) in [6, 6.07) is 11.7. The van der Waals surface area contributed by atoms with Crippen molar-refractivity contribution in [2.75, 3.05) is 13.1 Å². The molecule has 1 aliphatic rings. The van der Waals surface area contributed by atoms with Crippen molar-refractivity contribution >= 4 is 16.8 Å². The topological polar surface area (TPSA) is 37.3 Å². The molecule has 1 aliphatic heterocycles. The van der Waals surface area contributed by atoms with E-state index in [0.29, 0.717) is 0 Å². The molecule has 4 nitrogen and oxygen atoms in total. The molecule has 3 aromatic rings. The molecule has 0 unspecified atom stereocenters. The van der Waals surface area contributed by atoms with Gasteiger partial charge < -0.3 is 9.88 Å². The Morgan fingerprint density at radius 2 is 1.71 bits per heavy atom. The highest BCUT2D eigenvalue weighted by atomic mass is 19.1. The number of halogens is 2. The second-order valence-electron chi connectivity index (χ2n) is 8.86. The Balaban J connectivity index is 1.56. The summed E-state index contributed by atoms with van der Waals surface area (Å²) >= 11 is 0. The number of piperidine rings is 1. The van der Waals surface area contributed by atoms with Crippen molar-refractivity contribution in [1.29, 1.82) is 0 Å². The van der Waals surface area contributed by atoms with E-state index < -0.39 is 5.54 Å². The van der Waals surface area contributed by atoms with E-state index in [9.17, 15) is 13.6 Å². The Labute approximate surface area is 181 Å². The standard InChI is InChI=1S/C25H29F2N3O/c1-17(2)30-16-19(23-9-8-22(27)14-24(23)30)15-29-12-10-25(11-13-29,28-18(3)31)20-4-6-21(26)7-5-20/h4-9,14,16-17H,10-13,15H2,1-3H3,(H,28,31). The maximum absolute atomic E-state index is 13.8. The molecule has 1 fully saturated rings. The largest absolute Gasteiger partial charge is 0.347 e.